The van der Waals surface area contributed by atoms with Crippen LogP contribution in [0.4, 0.5) is 10.5 Å². The van der Waals surface area contributed by atoms with Crippen LogP contribution in [0.5, 0.6) is 0 Å². The van der Waals surface area contributed by atoms with E-state index in [9.17, 15) is 19.2 Å². The van der Waals surface area contributed by atoms with Gasteiger partial charge < -0.3 is 16.4 Å². The van der Waals surface area contributed by atoms with Crippen LogP contribution in [0.1, 0.15) is 47.7 Å². The first-order valence-electron chi connectivity index (χ1n) is 12.1. The lowest BCUT2D eigenvalue weighted by Gasteiger charge is -2.38. The highest BCUT2D eigenvalue weighted by Gasteiger charge is 2.42. The molecule has 5 N–H and O–H groups in total. The highest BCUT2D eigenvalue weighted by molar-refractivity contribution is 6.08. The summed E-state index contributed by atoms with van der Waals surface area (Å²) >= 11 is 0. The van der Waals surface area contributed by atoms with Crippen LogP contribution in [0.2, 0.25) is 0 Å². The van der Waals surface area contributed by atoms with Crippen molar-refractivity contribution in [3.8, 4) is 0 Å². The zero-order valence-electron chi connectivity index (χ0n) is 20.1. The number of benzene rings is 2. The van der Waals surface area contributed by atoms with Crippen LogP contribution in [-0.2, 0) is 22.4 Å². The lowest BCUT2D eigenvalue weighted by atomic mass is 9.92. The lowest BCUT2D eigenvalue weighted by molar-refractivity contribution is -0.127. The summed E-state index contributed by atoms with van der Waals surface area (Å²) in [6, 6.07) is 11.9. The van der Waals surface area contributed by atoms with E-state index in [0.717, 1.165) is 16.8 Å². The van der Waals surface area contributed by atoms with Crippen molar-refractivity contribution in [1.82, 2.24) is 16.1 Å². The van der Waals surface area contributed by atoms with E-state index in [1.807, 2.05) is 31.2 Å². The minimum Gasteiger partial charge on any atom is -0.350 e. The second kappa shape index (κ2) is 11.0. The smallest absolute Gasteiger partial charge is 0.332 e. The fourth-order valence-corrected chi connectivity index (χ4v) is 4.72. The van der Waals surface area contributed by atoms with Crippen molar-refractivity contribution in [3.05, 3.63) is 65.2 Å². The summed E-state index contributed by atoms with van der Waals surface area (Å²) in [6.45, 7) is 1.86. The zero-order chi connectivity index (χ0) is 25.7. The summed E-state index contributed by atoms with van der Waals surface area (Å²) in [5.41, 5.74) is 10.4. The summed E-state index contributed by atoms with van der Waals surface area (Å²) in [4.78, 5) is 52.6. The van der Waals surface area contributed by atoms with Crippen LogP contribution < -0.4 is 26.7 Å². The van der Waals surface area contributed by atoms with Crippen molar-refractivity contribution in [2.45, 2.75) is 57.2 Å². The molecule has 5 amide bonds. The van der Waals surface area contributed by atoms with Gasteiger partial charge in [0.2, 0.25) is 11.8 Å². The fourth-order valence-electron chi connectivity index (χ4n) is 4.72. The van der Waals surface area contributed by atoms with E-state index >= 15 is 0 Å². The molecule has 188 valence electrons. The van der Waals surface area contributed by atoms with Gasteiger partial charge in [0.05, 0.1) is 11.7 Å². The quantitative estimate of drug-likeness (QED) is 0.345. The van der Waals surface area contributed by atoms with Gasteiger partial charge in [-0.3, -0.25) is 19.3 Å². The number of hydrazone groups is 1. The molecule has 0 aromatic heterocycles. The maximum Gasteiger partial charge on any atom is 0.332 e. The van der Waals surface area contributed by atoms with E-state index < -0.39 is 24.2 Å². The van der Waals surface area contributed by atoms with Crippen molar-refractivity contribution in [1.29, 1.82) is 0 Å². The Bertz CT molecular complexity index is 1180. The molecule has 4 rings (SSSR count). The second-order valence-corrected chi connectivity index (χ2v) is 8.90. The molecule has 0 aliphatic carbocycles. The predicted molar refractivity (Wildman–Crippen MR) is 135 cm³/mol. The van der Waals surface area contributed by atoms with E-state index in [1.54, 1.807) is 29.2 Å². The average molecular weight is 491 g/mol. The fraction of sp³-hybridized carbons (Fsp3) is 0.346. The lowest BCUT2D eigenvalue weighted by Crippen LogP contribution is -2.58. The van der Waals surface area contributed by atoms with Gasteiger partial charge in [0, 0.05) is 11.8 Å². The van der Waals surface area contributed by atoms with Gasteiger partial charge in [-0.2, -0.15) is 5.10 Å². The third kappa shape index (κ3) is 5.37. The maximum absolute atomic E-state index is 13.9. The van der Waals surface area contributed by atoms with Crippen molar-refractivity contribution in [2.24, 2.45) is 10.8 Å². The Kier molecular flexibility index (Phi) is 7.62. The number of aryl methyl sites for hydroxylation is 2. The molecular formula is C26H30N6O4. The van der Waals surface area contributed by atoms with E-state index in [1.165, 1.54) is 6.21 Å². The molecule has 0 fully saturated rings. The van der Waals surface area contributed by atoms with Crippen LogP contribution in [0, 0.1) is 0 Å². The van der Waals surface area contributed by atoms with E-state index in [-0.39, 0.29) is 17.7 Å². The monoisotopic (exact) mass is 490 g/mol. The van der Waals surface area contributed by atoms with Gasteiger partial charge in [0.25, 0.3) is 5.91 Å². The summed E-state index contributed by atoms with van der Waals surface area (Å²) in [5.74, 6) is -0.957. The van der Waals surface area contributed by atoms with E-state index in [4.69, 9.17) is 5.73 Å². The Hall–Kier alpha value is -4.21. The van der Waals surface area contributed by atoms with Crippen LogP contribution in [0.15, 0.2) is 53.6 Å². The number of carbonyl (C=O) groups excluding carboxylic acids is 4. The molecule has 3 atom stereocenters. The summed E-state index contributed by atoms with van der Waals surface area (Å²) in [5, 5.41) is 9.54. The normalized spacial score (nSPS) is 19.7. The Morgan fingerprint density at radius 1 is 1.08 bits per heavy atom. The molecule has 1 unspecified atom stereocenters. The Labute approximate surface area is 209 Å². The van der Waals surface area contributed by atoms with Crippen LogP contribution >= 0.6 is 0 Å². The Balaban J connectivity index is 1.59. The molecule has 0 bridgehead atoms. The van der Waals surface area contributed by atoms with Crippen LogP contribution in [0.25, 0.3) is 0 Å². The van der Waals surface area contributed by atoms with Gasteiger partial charge in [-0.1, -0.05) is 43.3 Å². The average Bonchev–Trinajstić information content (AvgIpc) is 3.02. The van der Waals surface area contributed by atoms with Crippen LogP contribution in [-0.4, -0.2) is 48.1 Å². The number of rotatable bonds is 7. The number of hydrogen-bond donors (Lipinski definition) is 4. The first-order chi connectivity index (χ1) is 17.4. The van der Waals surface area contributed by atoms with Crippen LogP contribution in [0.3, 0.4) is 0 Å². The molecule has 0 saturated heterocycles. The van der Waals surface area contributed by atoms with Gasteiger partial charge in [0.1, 0.15) is 12.1 Å². The molecule has 2 aliphatic heterocycles. The number of hydrogen-bond acceptors (Lipinski definition) is 5. The molecule has 2 aromatic carbocycles. The molecule has 10 nitrogen and oxygen atoms in total. The van der Waals surface area contributed by atoms with Crippen molar-refractivity contribution < 1.29 is 19.2 Å². The highest BCUT2D eigenvalue weighted by atomic mass is 16.2. The van der Waals surface area contributed by atoms with Crippen molar-refractivity contribution >= 4 is 35.7 Å². The number of para-hydroxylation sites is 1. The summed E-state index contributed by atoms with van der Waals surface area (Å²) < 4.78 is 0. The van der Waals surface area contributed by atoms with Gasteiger partial charge in [0.15, 0.2) is 0 Å². The Morgan fingerprint density at radius 2 is 1.78 bits per heavy atom. The zero-order valence-corrected chi connectivity index (χ0v) is 20.1. The highest BCUT2D eigenvalue weighted by Crippen LogP contribution is 2.37. The molecule has 2 heterocycles. The number of nitrogens with two attached hydrogens (primary N) is 1. The topological polar surface area (TPSA) is 146 Å². The van der Waals surface area contributed by atoms with Gasteiger partial charge in [-0.15, -0.1) is 0 Å². The number of nitrogens with zero attached hydrogens (tertiary/aromatic N) is 2. The minimum atomic E-state index is -0.803. The van der Waals surface area contributed by atoms with Gasteiger partial charge >= 0.3 is 6.03 Å². The second-order valence-electron chi connectivity index (χ2n) is 8.90. The van der Waals surface area contributed by atoms with E-state index in [0.29, 0.717) is 37.7 Å². The van der Waals surface area contributed by atoms with Gasteiger partial charge in [-0.25, -0.2) is 10.2 Å². The molecule has 0 spiro atoms. The largest absolute Gasteiger partial charge is 0.350 e. The van der Waals surface area contributed by atoms with Crippen molar-refractivity contribution in [3.63, 3.8) is 0 Å². The number of primary amides is 1. The standard InChI is InChI=1S/C26H30N6O4/c1-2-19(15-28-31-26(27)36)29-24(34)21-14-12-17-10-6-9-16-11-13-20(25(35)32(21)22(16)17)30-23(33)18-7-4-3-5-8-18/h3-10,15,19-21H,2,11-14H2,1H3,(H,29,34)(H,30,33)(H3,27,31,36)/b28-15+/t19-,20-,21?/m0/s1. The number of anilines is 1. The molecule has 2 aliphatic rings. The summed E-state index contributed by atoms with van der Waals surface area (Å²) in [6.07, 6.45) is 4.05. The third-order valence-electron chi connectivity index (χ3n) is 6.52. The summed E-state index contributed by atoms with van der Waals surface area (Å²) in [7, 11) is 0. The number of nitrogens with one attached hydrogen (secondary N) is 3. The Morgan fingerprint density at radius 3 is 2.44 bits per heavy atom. The molecular weight excluding hydrogens is 460 g/mol. The number of urea groups is 1. The molecule has 0 radical (unpaired) electrons. The van der Waals surface area contributed by atoms with E-state index in [2.05, 4.69) is 21.2 Å². The predicted octanol–water partition coefficient (Wildman–Crippen LogP) is 1.63. The van der Waals surface area contributed by atoms with Crippen molar-refractivity contribution in [2.75, 3.05) is 4.90 Å². The number of amides is 5. The van der Waals surface area contributed by atoms with Gasteiger partial charge in [-0.05, 0) is 55.4 Å². The first kappa shape index (κ1) is 24.9. The molecule has 36 heavy (non-hydrogen) atoms. The minimum absolute atomic E-state index is 0.303. The molecule has 2 aromatic rings. The molecule has 0 saturated carbocycles. The third-order valence-corrected chi connectivity index (χ3v) is 6.52. The maximum atomic E-state index is 13.9. The number of carbonyl (C=O) groups is 4. The SMILES string of the molecule is CC[C@@H](/C=N/NC(N)=O)NC(=O)C1CCc2cccc3c2N1C(=O)[C@@H](NC(=O)c1ccccc1)CC3. The molecule has 10 heteroatoms. The first-order valence-corrected chi connectivity index (χ1v) is 12.1.